The van der Waals surface area contributed by atoms with Crippen LogP contribution in [-0.2, 0) is 12.5 Å². The normalized spacial score (nSPS) is 26.0. The van der Waals surface area contributed by atoms with E-state index >= 15 is 0 Å². The monoisotopic (exact) mass is 407 g/mol. The molecule has 156 valence electrons. The summed E-state index contributed by atoms with van der Waals surface area (Å²) in [4.78, 5) is 0. The number of hydrogen-bond donors (Lipinski definition) is 0. The molecule has 2 aliphatic carbocycles. The van der Waals surface area contributed by atoms with E-state index in [1.54, 1.807) is 0 Å². The summed E-state index contributed by atoms with van der Waals surface area (Å²) in [7, 11) is 2.19. The summed E-state index contributed by atoms with van der Waals surface area (Å²) in [5, 5.41) is 5.20. The van der Waals surface area contributed by atoms with Gasteiger partial charge in [-0.3, -0.25) is 0 Å². The maximum atomic E-state index is 6.36. The van der Waals surface area contributed by atoms with E-state index in [0.717, 1.165) is 23.0 Å². The predicted molar refractivity (Wildman–Crippen MR) is 130 cm³/mol. The summed E-state index contributed by atoms with van der Waals surface area (Å²) in [5.74, 6) is 1.86. The van der Waals surface area contributed by atoms with Gasteiger partial charge in [0.05, 0.1) is 10.9 Å². The second-order valence-corrected chi connectivity index (χ2v) is 10.3. The Morgan fingerprint density at radius 2 is 1.68 bits per heavy atom. The van der Waals surface area contributed by atoms with Gasteiger partial charge in [-0.15, -0.1) is 0 Å². The maximum Gasteiger partial charge on any atom is 0.137 e. The molecule has 31 heavy (non-hydrogen) atoms. The zero-order valence-electron chi connectivity index (χ0n) is 18.4. The van der Waals surface area contributed by atoms with Crippen LogP contribution in [0.3, 0.4) is 0 Å². The molecule has 2 saturated carbocycles. The van der Waals surface area contributed by atoms with E-state index in [-0.39, 0.29) is 0 Å². The Labute approximate surface area is 182 Å². The van der Waals surface area contributed by atoms with E-state index in [0.29, 0.717) is 5.41 Å². The highest BCUT2D eigenvalue weighted by molar-refractivity contribution is 6.23. The van der Waals surface area contributed by atoms with Gasteiger partial charge in [0.1, 0.15) is 11.2 Å². The van der Waals surface area contributed by atoms with Crippen LogP contribution < -0.4 is 0 Å². The van der Waals surface area contributed by atoms with Crippen LogP contribution in [0.5, 0.6) is 0 Å². The first-order valence-corrected chi connectivity index (χ1v) is 12.0. The molecule has 2 nitrogen and oxygen atoms in total. The smallest absolute Gasteiger partial charge is 0.137 e. The second-order valence-electron chi connectivity index (χ2n) is 10.3. The molecule has 0 saturated heterocycles. The zero-order valence-corrected chi connectivity index (χ0v) is 18.4. The van der Waals surface area contributed by atoms with E-state index in [1.807, 2.05) is 0 Å². The molecule has 2 heterocycles. The zero-order chi connectivity index (χ0) is 20.7. The standard InChI is InChI=1S/C29H29NO/c1-3-29(16-18-8-9-19(14-18)17-29)20-10-12-25-23(15-20)27-26(31-25)13-11-22-21-6-4-5-7-24(21)30(2)28(22)27/h4-7,10-13,15,18-19H,3,8-9,14,16-17H2,1-2H3. The van der Waals surface area contributed by atoms with Crippen LogP contribution in [0.15, 0.2) is 59.0 Å². The predicted octanol–water partition coefficient (Wildman–Crippen LogP) is 8.09. The van der Waals surface area contributed by atoms with Gasteiger partial charge in [-0.1, -0.05) is 44.0 Å². The van der Waals surface area contributed by atoms with Gasteiger partial charge in [0.15, 0.2) is 0 Å². The van der Waals surface area contributed by atoms with Crippen LogP contribution in [0.25, 0.3) is 43.7 Å². The molecule has 2 unspecified atom stereocenters. The van der Waals surface area contributed by atoms with Crippen molar-refractivity contribution in [3.05, 3.63) is 60.2 Å². The third-order valence-corrected chi connectivity index (χ3v) is 8.80. The second kappa shape index (κ2) is 6.16. The van der Waals surface area contributed by atoms with Gasteiger partial charge < -0.3 is 8.98 Å². The highest BCUT2D eigenvalue weighted by Gasteiger charge is 2.43. The summed E-state index contributed by atoms with van der Waals surface area (Å²) >= 11 is 0. The van der Waals surface area contributed by atoms with Gasteiger partial charge >= 0.3 is 0 Å². The van der Waals surface area contributed by atoms with E-state index in [2.05, 4.69) is 73.1 Å². The molecule has 2 heteroatoms. The van der Waals surface area contributed by atoms with Crippen LogP contribution in [0.2, 0.25) is 0 Å². The molecule has 3 aromatic carbocycles. The van der Waals surface area contributed by atoms with Crippen molar-refractivity contribution in [2.75, 3.05) is 0 Å². The first-order valence-electron chi connectivity index (χ1n) is 12.0. The topological polar surface area (TPSA) is 18.1 Å². The molecule has 0 aliphatic heterocycles. The molecule has 0 radical (unpaired) electrons. The first kappa shape index (κ1) is 17.9. The number of nitrogens with zero attached hydrogens (tertiary/aromatic N) is 1. The molecule has 0 spiro atoms. The van der Waals surface area contributed by atoms with Crippen molar-refractivity contribution in [3.63, 3.8) is 0 Å². The minimum atomic E-state index is 0.342. The van der Waals surface area contributed by atoms with Gasteiger partial charge in [0, 0.05) is 28.7 Å². The lowest BCUT2D eigenvalue weighted by molar-refractivity contribution is 0.207. The molecule has 2 bridgehead atoms. The molecular weight excluding hydrogens is 378 g/mol. The van der Waals surface area contributed by atoms with Gasteiger partial charge in [0.2, 0.25) is 0 Å². The number of furan rings is 1. The lowest BCUT2D eigenvalue weighted by Crippen LogP contribution is -2.33. The summed E-state index contributed by atoms with van der Waals surface area (Å²) in [6.45, 7) is 2.41. The number of aryl methyl sites for hydroxylation is 1. The quantitative estimate of drug-likeness (QED) is 0.289. The van der Waals surface area contributed by atoms with Crippen LogP contribution in [0, 0.1) is 11.8 Å². The number of para-hydroxylation sites is 1. The Bertz CT molecular complexity index is 1470. The largest absolute Gasteiger partial charge is 0.456 e. The van der Waals surface area contributed by atoms with Crippen LogP contribution in [-0.4, -0.2) is 4.57 Å². The van der Waals surface area contributed by atoms with Crippen molar-refractivity contribution in [1.29, 1.82) is 0 Å². The number of hydrogen-bond acceptors (Lipinski definition) is 1. The van der Waals surface area contributed by atoms with Crippen LogP contribution in [0.4, 0.5) is 0 Å². The molecule has 2 atom stereocenters. The highest BCUT2D eigenvalue weighted by atomic mass is 16.3. The van der Waals surface area contributed by atoms with Crippen molar-refractivity contribution in [1.82, 2.24) is 4.57 Å². The van der Waals surface area contributed by atoms with E-state index in [9.17, 15) is 0 Å². The van der Waals surface area contributed by atoms with E-state index in [4.69, 9.17) is 4.42 Å². The Kier molecular flexibility index (Phi) is 3.55. The fourth-order valence-corrected chi connectivity index (χ4v) is 7.33. The lowest BCUT2D eigenvalue weighted by Gasteiger charge is -2.41. The minimum absolute atomic E-state index is 0.342. The summed E-state index contributed by atoms with van der Waals surface area (Å²) in [6.07, 6.45) is 8.33. The SMILES string of the molecule is CCC1(c2ccc3oc4ccc5c6ccccc6n(C)c5c4c3c2)CC2CCC(C2)C1. The highest BCUT2D eigenvalue weighted by Crippen LogP contribution is 2.54. The maximum absolute atomic E-state index is 6.36. The molecular formula is C29H29NO. The summed E-state index contributed by atoms with van der Waals surface area (Å²) in [6, 6.07) is 20.2. The number of aromatic nitrogens is 1. The lowest BCUT2D eigenvalue weighted by atomic mass is 9.64. The third-order valence-electron chi connectivity index (χ3n) is 8.80. The van der Waals surface area contributed by atoms with Crippen LogP contribution in [0.1, 0.15) is 51.0 Å². The summed E-state index contributed by atoms with van der Waals surface area (Å²) < 4.78 is 8.71. The van der Waals surface area contributed by atoms with Crippen molar-refractivity contribution in [2.24, 2.45) is 18.9 Å². The van der Waals surface area contributed by atoms with Crippen molar-refractivity contribution in [3.8, 4) is 0 Å². The molecule has 7 rings (SSSR count). The number of fused-ring (bicyclic) bond motifs is 9. The molecule has 2 aliphatic rings. The van der Waals surface area contributed by atoms with E-state index in [1.165, 1.54) is 76.7 Å². The van der Waals surface area contributed by atoms with Crippen molar-refractivity contribution >= 4 is 43.7 Å². The fourth-order valence-electron chi connectivity index (χ4n) is 7.33. The molecule has 0 amide bonds. The third kappa shape index (κ3) is 2.34. The van der Waals surface area contributed by atoms with E-state index < -0.39 is 0 Å². The number of benzene rings is 3. The Hall–Kier alpha value is -2.74. The first-order chi connectivity index (χ1) is 15.2. The molecule has 2 fully saturated rings. The van der Waals surface area contributed by atoms with Gasteiger partial charge in [-0.2, -0.15) is 0 Å². The van der Waals surface area contributed by atoms with Gasteiger partial charge in [-0.25, -0.2) is 0 Å². The molecule has 0 N–H and O–H groups in total. The van der Waals surface area contributed by atoms with Crippen molar-refractivity contribution in [2.45, 2.75) is 50.9 Å². The van der Waals surface area contributed by atoms with Crippen LogP contribution >= 0.6 is 0 Å². The summed E-state index contributed by atoms with van der Waals surface area (Å²) in [5.41, 5.74) is 6.47. The Balaban J connectivity index is 1.53. The molecule has 2 aromatic heterocycles. The molecule has 5 aromatic rings. The Morgan fingerprint density at radius 3 is 2.48 bits per heavy atom. The van der Waals surface area contributed by atoms with Gasteiger partial charge in [0.25, 0.3) is 0 Å². The fraction of sp³-hybridized carbons (Fsp3) is 0.379. The minimum Gasteiger partial charge on any atom is -0.456 e. The average Bonchev–Trinajstić information content (AvgIpc) is 3.44. The van der Waals surface area contributed by atoms with Gasteiger partial charge in [-0.05, 0) is 78.8 Å². The average molecular weight is 408 g/mol. The number of rotatable bonds is 2. The Morgan fingerprint density at radius 1 is 0.903 bits per heavy atom. The van der Waals surface area contributed by atoms with Crippen molar-refractivity contribution < 1.29 is 4.42 Å².